The van der Waals surface area contributed by atoms with Crippen molar-refractivity contribution in [2.45, 2.75) is 19.0 Å². The van der Waals surface area contributed by atoms with Gasteiger partial charge >= 0.3 is 0 Å². The first-order valence-electron chi connectivity index (χ1n) is 8.80. The molecule has 1 unspecified atom stereocenters. The van der Waals surface area contributed by atoms with E-state index in [-0.39, 0.29) is 18.1 Å². The number of aromatic nitrogens is 2. The third kappa shape index (κ3) is 3.68. The largest absolute Gasteiger partial charge is 0.618 e. The van der Waals surface area contributed by atoms with Gasteiger partial charge in [0, 0.05) is 23.6 Å². The Balaban J connectivity index is 1.57. The Morgan fingerprint density at radius 2 is 2.04 bits per heavy atom. The number of hydrogen-bond donors (Lipinski definition) is 0. The number of benzene rings is 1. The van der Waals surface area contributed by atoms with E-state index in [0.29, 0.717) is 30.1 Å². The lowest BCUT2D eigenvalue weighted by Gasteiger charge is -2.28. The van der Waals surface area contributed by atoms with Crippen LogP contribution in [0, 0.1) is 5.21 Å². The molecule has 4 rings (SSSR count). The molecule has 3 heterocycles. The van der Waals surface area contributed by atoms with Crippen LogP contribution in [-0.2, 0) is 0 Å². The maximum Gasteiger partial charge on any atom is 0.273 e. The average molecular weight is 383 g/mol. The summed E-state index contributed by atoms with van der Waals surface area (Å²) in [7, 11) is 0. The molecule has 1 atom stereocenters. The monoisotopic (exact) mass is 383 g/mol. The van der Waals surface area contributed by atoms with Crippen molar-refractivity contribution in [3.05, 3.63) is 64.9 Å². The molecular formula is C20H18FN3O2S. The van der Waals surface area contributed by atoms with Crippen LogP contribution in [0.5, 0.6) is 0 Å². The molecule has 0 radical (unpaired) electrons. The number of piperidine rings is 1. The van der Waals surface area contributed by atoms with E-state index in [9.17, 15) is 14.4 Å². The highest BCUT2D eigenvalue weighted by Crippen LogP contribution is 2.25. The highest BCUT2D eigenvalue weighted by Gasteiger charge is 2.26. The number of thiazole rings is 1. The number of hydrogen-bond acceptors (Lipinski definition) is 4. The molecule has 1 amide bonds. The Morgan fingerprint density at radius 1 is 1.22 bits per heavy atom. The minimum atomic E-state index is -0.977. The molecular weight excluding hydrogens is 365 g/mol. The molecule has 3 aromatic rings. The van der Waals surface area contributed by atoms with Crippen molar-refractivity contribution in [2.24, 2.45) is 0 Å². The zero-order chi connectivity index (χ0) is 18.8. The summed E-state index contributed by atoms with van der Waals surface area (Å²) in [5.74, 6) is -0.279. The van der Waals surface area contributed by atoms with E-state index in [2.05, 4.69) is 4.98 Å². The SMILES string of the molecule is O=C(c1csc(-c2ccc(-c3ccccc3)c[n+]2[O-])n1)N1CCCC(F)C1. The number of rotatable bonds is 3. The molecule has 0 spiro atoms. The van der Waals surface area contributed by atoms with Crippen molar-refractivity contribution in [3.8, 4) is 21.8 Å². The fourth-order valence-corrected chi connectivity index (χ4v) is 4.02. The van der Waals surface area contributed by atoms with Gasteiger partial charge in [0.25, 0.3) is 11.6 Å². The molecule has 27 heavy (non-hydrogen) atoms. The highest BCUT2D eigenvalue weighted by molar-refractivity contribution is 7.13. The lowest BCUT2D eigenvalue weighted by Crippen LogP contribution is -2.40. The number of alkyl halides is 1. The quantitative estimate of drug-likeness (QED) is 0.512. The van der Waals surface area contributed by atoms with E-state index in [1.165, 1.54) is 22.4 Å². The van der Waals surface area contributed by atoms with Gasteiger partial charge in [0.15, 0.2) is 11.2 Å². The molecule has 138 valence electrons. The van der Waals surface area contributed by atoms with Gasteiger partial charge in [-0.1, -0.05) is 30.3 Å². The predicted molar refractivity (Wildman–Crippen MR) is 102 cm³/mol. The average Bonchev–Trinajstić information content (AvgIpc) is 3.18. The molecule has 1 aliphatic rings. The summed E-state index contributed by atoms with van der Waals surface area (Å²) in [6.07, 6.45) is 1.68. The van der Waals surface area contributed by atoms with Crippen molar-refractivity contribution in [1.82, 2.24) is 9.88 Å². The van der Waals surface area contributed by atoms with Gasteiger partial charge in [-0.15, -0.1) is 11.3 Å². The van der Waals surface area contributed by atoms with Gasteiger partial charge < -0.3 is 10.1 Å². The van der Waals surface area contributed by atoms with Gasteiger partial charge in [-0.05, 0) is 24.5 Å². The number of likely N-dealkylation sites (tertiary alicyclic amines) is 1. The fourth-order valence-electron chi connectivity index (χ4n) is 3.21. The van der Waals surface area contributed by atoms with Crippen LogP contribution in [0.1, 0.15) is 23.3 Å². The summed E-state index contributed by atoms with van der Waals surface area (Å²) < 4.78 is 14.3. The van der Waals surface area contributed by atoms with Gasteiger partial charge in [0.1, 0.15) is 11.9 Å². The predicted octanol–water partition coefficient (Wildman–Crippen LogP) is 3.68. The molecule has 1 fully saturated rings. The Kier molecular flexibility index (Phi) is 4.85. The molecule has 2 aromatic heterocycles. The van der Waals surface area contributed by atoms with Crippen LogP contribution in [-0.4, -0.2) is 35.1 Å². The second kappa shape index (κ2) is 7.44. The fraction of sp³-hybridized carbons (Fsp3) is 0.250. The van der Waals surface area contributed by atoms with Gasteiger partial charge in [-0.25, -0.2) is 9.37 Å². The van der Waals surface area contributed by atoms with Crippen LogP contribution in [0.25, 0.3) is 21.8 Å². The van der Waals surface area contributed by atoms with Crippen LogP contribution in [0.4, 0.5) is 4.39 Å². The molecule has 0 N–H and O–H groups in total. The van der Waals surface area contributed by atoms with Crippen LogP contribution < -0.4 is 4.73 Å². The van der Waals surface area contributed by atoms with E-state index in [4.69, 9.17) is 0 Å². The van der Waals surface area contributed by atoms with E-state index < -0.39 is 6.17 Å². The highest BCUT2D eigenvalue weighted by atomic mass is 32.1. The summed E-state index contributed by atoms with van der Waals surface area (Å²) >= 11 is 1.24. The zero-order valence-corrected chi connectivity index (χ0v) is 15.4. The number of carbonyl (C=O) groups excluding carboxylic acids is 1. The van der Waals surface area contributed by atoms with Crippen molar-refractivity contribution >= 4 is 17.2 Å². The van der Waals surface area contributed by atoms with Crippen molar-refractivity contribution in [3.63, 3.8) is 0 Å². The number of nitrogens with zero attached hydrogens (tertiary/aromatic N) is 3. The van der Waals surface area contributed by atoms with Crippen molar-refractivity contribution in [2.75, 3.05) is 13.1 Å². The number of pyridine rings is 1. The standard InChI is InChI=1S/C20H18FN3O2S/c21-16-7-4-10-23(12-16)20(25)17-13-27-19(22-17)18-9-8-15(11-24(18)26)14-5-2-1-3-6-14/h1-3,5-6,8-9,11,13,16H,4,7,10,12H2. The van der Waals surface area contributed by atoms with E-state index in [1.54, 1.807) is 11.4 Å². The number of halogens is 1. The lowest BCUT2D eigenvalue weighted by atomic mass is 10.1. The van der Waals surface area contributed by atoms with Crippen LogP contribution >= 0.6 is 11.3 Å². The van der Waals surface area contributed by atoms with Gasteiger partial charge in [0.2, 0.25) is 0 Å². The molecule has 5 nitrogen and oxygen atoms in total. The summed E-state index contributed by atoms with van der Waals surface area (Å²) in [6, 6.07) is 13.2. The summed E-state index contributed by atoms with van der Waals surface area (Å²) in [4.78, 5) is 18.4. The summed E-state index contributed by atoms with van der Waals surface area (Å²) in [5.41, 5.74) is 2.41. The Hall–Kier alpha value is -2.80. The molecule has 1 saturated heterocycles. The lowest BCUT2D eigenvalue weighted by molar-refractivity contribution is -0.593. The molecule has 7 heteroatoms. The van der Waals surface area contributed by atoms with E-state index in [0.717, 1.165) is 15.9 Å². The van der Waals surface area contributed by atoms with Crippen molar-refractivity contribution < 1.29 is 13.9 Å². The van der Waals surface area contributed by atoms with Crippen LogP contribution in [0.2, 0.25) is 0 Å². The van der Waals surface area contributed by atoms with Crippen molar-refractivity contribution in [1.29, 1.82) is 0 Å². The minimum absolute atomic E-state index is 0.110. The second-order valence-electron chi connectivity index (χ2n) is 6.52. The van der Waals surface area contributed by atoms with Crippen LogP contribution in [0.15, 0.2) is 54.0 Å². The van der Waals surface area contributed by atoms with Gasteiger partial charge in [0.05, 0.1) is 6.54 Å². The molecule has 1 aliphatic heterocycles. The molecule has 0 aliphatic carbocycles. The third-order valence-corrected chi connectivity index (χ3v) is 5.48. The summed E-state index contributed by atoms with van der Waals surface area (Å²) in [5, 5.41) is 14.6. The summed E-state index contributed by atoms with van der Waals surface area (Å²) in [6.45, 7) is 0.651. The second-order valence-corrected chi connectivity index (χ2v) is 7.38. The van der Waals surface area contributed by atoms with E-state index >= 15 is 0 Å². The first-order chi connectivity index (χ1) is 13.1. The maximum absolute atomic E-state index is 13.6. The van der Waals surface area contributed by atoms with Gasteiger partial charge in [-0.2, -0.15) is 4.73 Å². The maximum atomic E-state index is 13.6. The number of carbonyl (C=O) groups is 1. The Bertz CT molecular complexity index is 961. The molecule has 0 saturated carbocycles. The Labute approximate surface area is 160 Å². The normalized spacial score (nSPS) is 17.1. The molecule has 1 aromatic carbocycles. The smallest absolute Gasteiger partial charge is 0.273 e. The first-order valence-corrected chi connectivity index (χ1v) is 9.67. The third-order valence-electron chi connectivity index (χ3n) is 4.62. The van der Waals surface area contributed by atoms with Gasteiger partial charge in [-0.3, -0.25) is 4.79 Å². The minimum Gasteiger partial charge on any atom is -0.618 e. The topological polar surface area (TPSA) is 60.1 Å². The first kappa shape index (κ1) is 17.6. The number of amides is 1. The Morgan fingerprint density at radius 3 is 2.78 bits per heavy atom. The molecule has 0 bridgehead atoms. The van der Waals surface area contributed by atoms with E-state index in [1.807, 2.05) is 36.4 Å². The van der Waals surface area contributed by atoms with Crippen LogP contribution in [0.3, 0.4) is 0 Å². The zero-order valence-electron chi connectivity index (χ0n) is 14.5.